The fraction of sp³-hybridized carbons (Fsp3) is 0.588. The van der Waals surface area contributed by atoms with Gasteiger partial charge in [0.15, 0.2) is 0 Å². The molecule has 0 spiro atoms. The molecule has 1 unspecified atom stereocenters. The highest BCUT2D eigenvalue weighted by atomic mass is 35.5. The first-order valence-electron chi connectivity index (χ1n) is 8.05. The van der Waals surface area contributed by atoms with E-state index in [1.54, 1.807) is 0 Å². The molecule has 0 bridgehead atoms. The Bertz CT molecular complexity index is 475. The first-order chi connectivity index (χ1) is 10.7. The summed E-state index contributed by atoms with van der Waals surface area (Å²) in [6.45, 7) is 4.77. The van der Waals surface area contributed by atoms with Gasteiger partial charge in [0.1, 0.15) is 6.61 Å². The molecule has 0 aliphatic carbocycles. The molecular formula is C17H25ClN2O2. The molecule has 1 aliphatic rings. The van der Waals surface area contributed by atoms with E-state index in [1.807, 2.05) is 31.2 Å². The van der Waals surface area contributed by atoms with Crippen LogP contribution in [0.4, 0.5) is 0 Å². The van der Waals surface area contributed by atoms with Gasteiger partial charge in [-0.1, -0.05) is 30.7 Å². The van der Waals surface area contributed by atoms with Crippen LogP contribution in [0.15, 0.2) is 24.3 Å². The maximum absolute atomic E-state index is 11.8. The van der Waals surface area contributed by atoms with Gasteiger partial charge in [-0.2, -0.15) is 0 Å². The van der Waals surface area contributed by atoms with Crippen molar-refractivity contribution in [3.05, 3.63) is 34.9 Å². The topological polar surface area (TPSA) is 50.4 Å². The zero-order chi connectivity index (χ0) is 15.8. The van der Waals surface area contributed by atoms with Crippen molar-refractivity contribution in [3.63, 3.8) is 0 Å². The normalized spacial score (nSPS) is 19.6. The van der Waals surface area contributed by atoms with Gasteiger partial charge in [0, 0.05) is 24.0 Å². The maximum Gasteiger partial charge on any atom is 0.246 e. The minimum absolute atomic E-state index is 0.0577. The van der Waals surface area contributed by atoms with Crippen LogP contribution in [0.25, 0.3) is 0 Å². The second-order valence-corrected chi connectivity index (χ2v) is 6.18. The number of nitrogens with one attached hydrogen (secondary N) is 2. The quantitative estimate of drug-likeness (QED) is 0.811. The van der Waals surface area contributed by atoms with Crippen LogP contribution in [0.5, 0.6) is 0 Å². The van der Waals surface area contributed by atoms with Gasteiger partial charge in [0.25, 0.3) is 0 Å². The van der Waals surface area contributed by atoms with Gasteiger partial charge in [0.05, 0.1) is 6.10 Å². The Balaban J connectivity index is 2.03. The third kappa shape index (κ3) is 5.27. The lowest BCUT2D eigenvalue weighted by molar-refractivity contribution is -0.129. The van der Waals surface area contributed by atoms with Crippen molar-refractivity contribution in [2.24, 2.45) is 5.92 Å². The van der Waals surface area contributed by atoms with Crippen LogP contribution in [0, 0.1) is 5.92 Å². The van der Waals surface area contributed by atoms with E-state index in [1.165, 1.54) is 0 Å². The average Bonchev–Trinajstić information content (AvgIpc) is 2.54. The van der Waals surface area contributed by atoms with E-state index >= 15 is 0 Å². The smallest absolute Gasteiger partial charge is 0.246 e. The maximum atomic E-state index is 11.8. The number of hydrogen-bond acceptors (Lipinski definition) is 3. The molecule has 22 heavy (non-hydrogen) atoms. The van der Waals surface area contributed by atoms with E-state index in [-0.39, 0.29) is 18.6 Å². The van der Waals surface area contributed by atoms with E-state index in [0.717, 1.165) is 37.9 Å². The second kappa shape index (κ2) is 9.13. The summed E-state index contributed by atoms with van der Waals surface area (Å²) < 4.78 is 5.97. The molecule has 1 fully saturated rings. The first kappa shape index (κ1) is 17.3. The van der Waals surface area contributed by atoms with Crippen LogP contribution in [-0.4, -0.2) is 32.1 Å². The molecule has 1 saturated heterocycles. The molecule has 0 saturated carbocycles. The summed E-state index contributed by atoms with van der Waals surface area (Å²) in [5.74, 6) is 0.309. The molecule has 5 heteroatoms. The van der Waals surface area contributed by atoms with Gasteiger partial charge >= 0.3 is 0 Å². The number of ether oxygens (including phenoxy) is 1. The number of benzene rings is 1. The van der Waals surface area contributed by atoms with Gasteiger partial charge in [-0.05, 0) is 43.5 Å². The molecule has 1 aliphatic heterocycles. The van der Waals surface area contributed by atoms with Gasteiger partial charge < -0.3 is 15.4 Å². The van der Waals surface area contributed by atoms with Crippen molar-refractivity contribution in [3.8, 4) is 0 Å². The van der Waals surface area contributed by atoms with Crippen molar-refractivity contribution in [1.29, 1.82) is 0 Å². The molecule has 2 N–H and O–H groups in total. The predicted molar refractivity (Wildman–Crippen MR) is 89.0 cm³/mol. The summed E-state index contributed by atoms with van der Waals surface area (Å²) in [5.41, 5.74) is 1.05. The molecule has 4 nitrogen and oxygen atoms in total. The van der Waals surface area contributed by atoms with Crippen LogP contribution in [0.2, 0.25) is 5.02 Å². The number of hydrogen-bond donors (Lipinski definition) is 2. The van der Waals surface area contributed by atoms with Crippen molar-refractivity contribution in [1.82, 2.24) is 10.6 Å². The standard InChI is InChI=1S/C17H25ClN2O2/c1-2-8-20-16(21)12-22-17(14-6-4-9-19-11-14)13-5-3-7-15(18)10-13/h3,5,7,10,14,17,19H,2,4,6,8-9,11-12H2,1H3,(H,20,21)/t14?,17-/m0/s1. The van der Waals surface area contributed by atoms with Crippen molar-refractivity contribution >= 4 is 17.5 Å². The molecule has 2 atom stereocenters. The fourth-order valence-corrected chi connectivity index (χ4v) is 3.00. The van der Waals surface area contributed by atoms with E-state index < -0.39 is 0 Å². The summed E-state index contributed by atoms with van der Waals surface area (Å²) >= 11 is 6.11. The van der Waals surface area contributed by atoms with Crippen LogP contribution >= 0.6 is 11.6 Å². The van der Waals surface area contributed by atoms with E-state index in [0.29, 0.717) is 17.5 Å². The number of carbonyl (C=O) groups excluding carboxylic acids is 1. The van der Waals surface area contributed by atoms with Gasteiger partial charge in [-0.15, -0.1) is 0 Å². The first-order valence-corrected chi connectivity index (χ1v) is 8.43. The summed E-state index contributed by atoms with van der Waals surface area (Å²) in [6.07, 6.45) is 3.06. The lowest BCUT2D eigenvalue weighted by atomic mass is 9.89. The third-order valence-corrected chi connectivity index (χ3v) is 4.14. The van der Waals surface area contributed by atoms with Crippen LogP contribution < -0.4 is 10.6 Å². The molecule has 0 aromatic heterocycles. The average molecular weight is 325 g/mol. The highest BCUT2D eigenvalue weighted by molar-refractivity contribution is 6.30. The minimum Gasteiger partial charge on any atom is -0.363 e. The Morgan fingerprint density at radius 3 is 3.09 bits per heavy atom. The minimum atomic E-state index is -0.0983. The molecule has 1 aromatic carbocycles. The zero-order valence-electron chi connectivity index (χ0n) is 13.1. The molecule has 1 aromatic rings. The Hall–Kier alpha value is -1.10. The largest absolute Gasteiger partial charge is 0.363 e. The highest BCUT2D eigenvalue weighted by Gasteiger charge is 2.26. The number of carbonyl (C=O) groups is 1. The van der Waals surface area contributed by atoms with E-state index in [2.05, 4.69) is 10.6 Å². The highest BCUT2D eigenvalue weighted by Crippen LogP contribution is 2.31. The molecule has 1 amide bonds. The Morgan fingerprint density at radius 1 is 1.55 bits per heavy atom. The van der Waals surface area contributed by atoms with E-state index in [9.17, 15) is 4.79 Å². The number of halogens is 1. The van der Waals surface area contributed by atoms with Crippen LogP contribution in [0.3, 0.4) is 0 Å². The van der Waals surface area contributed by atoms with Crippen LogP contribution in [-0.2, 0) is 9.53 Å². The summed E-state index contributed by atoms with van der Waals surface area (Å²) in [4.78, 5) is 11.8. The zero-order valence-corrected chi connectivity index (χ0v) is 13.9. The Morgan fingerprint density at radius 2 is 2.41 bits per heavy atom. The van der Waals surface area contributed by atoms with Crippen molar-refractivity contribution in [2.45, 2.75) is 32.3 Å². The Kier molecular flexibility index (Phi) is 7.16. The lowest BCUT2D eigenvalue weighted by Gasteiger charge is -2.31. The fourth-order valence-electron chi connectivity index (χ4n) is 2.81. The summed E-state index contributed by atoms with van der Waals surface area (Å²) in [7, 11) is 0. The number of rotatable bonds is 7. The molecule has 2 rings (SSSR count). The predicted octanol–water partition coefficient (Wildman–Crippen LogP) is 2.92. The molecular weight excluding hydrogens is 300 g/mol. The number of amides is 1. The summed E-state index contributed by atoms with van der Waals surface area (Å²) in [6, 6.07) is 7.75. The third-order valence-electron chi connectivity index (χ3n) is 3.91. The van der Waals surface area contributed by atoms with Gasteiger partial charge in [-0.25, -0.2) is 0 Å². The van der Waals surface area contributed by atoms with E-state index in [4.69, 9.17) is 16.3 Å². The van der Waals surface area contributed by atoms with Crippen molar-refractivity contribution < 1.29 is 9.53 Å². The second-order valence-electron chi connectivity index (χ2n) is 5.74. The summed E-state index contributed by atoms with van der Waals surface area (Å²) in [5, 5.41) is 6.96. The number of piperidine rings is 1. The van der Waals surface area contributed by atoms with Gasteiger partial charge in [0.2, 0.25) is 5.91 Å². The molecule has 122 valence electrons. The van der Waals surface area contributed by atoms with Gasteiger partial charge in [-0.3, -0.25) is 4.79 Å². The lowest BCUT2D eigenvalue weighted by Crippen LogP contribution is -2.36. The van der Waals surface area contributed by atoms with Crippen LogP contribution in [0.1, 0.15) is 37.9 Å². The van der Waals surface area contributed by atoms with Crippen molar-refractivity contribution in [2.75, 3.05) is 26.2 Å². The molecule has 0 radical (unpaired) electrons. The SMILES string of the molecule is CCCNC(=O)CO[C@@H](c1cccc(Cl)c1)C1CCCNC1. The Labute approximate surface area is 137 Å². The molecule has 1 heterocycles. The monoisotopic (exact) mass is 324 g/mol.